The Morgan fingerprint density at radius 2 is 2.00 bits per heavy atom. The van der Waals surface area contributed by atoms with Gasteiger partial charge in [-0.15, -0.1) is 10.2 Å². The maximum Gasteiger partial charge on any atom is 0.297 e. The Balaban J connectivity index is 2.78. The van der Waals surface area contributed by atoms with Crippen molar-refractivity contribution in [2.45, 2.75) is 20.3 Å². The van der Waals surface area contributed by atoms with Crippen LogP contribution in [0.25, 0.3) is 5.65 Å². The second kappa shape index (κ2) is 3.01. The van der Waals surface area contributed by atoms with Gasteiger partial charge in [0.15, 0.2) is 5.65 Å². The van der Waals surface area contributed by atoms with Gasteiger partial charge >= 0.3 is 0 Å². The lowest BCUT2D eigenvalue weighted by atomic mass is 10.2. The number of hydrogen-bond acceptors (Lipinski definition) is 2. The topological polar surface area (TPSA) is 30.2 Å². The molecule has 2 aromatic rings. The van der Waals surface area contributed by atoms with E-state index in [0.29, 0.717) is 5.65 Å². The van der Waals surface area contributed by atoms with Gasteiger partial charge in [0.25, 0.3) is 6.43 Å². The molecule has 0 aliphatic carbocycles. The van der Waals surface area contributed by atoms with Crippen molar-refractivity contribution in [3.05, 3.63) is 29.2 Å². The van der Waals surface area contributed by atoms with Gasteiger partial charge in [0, 0.05) is 6.20 Å². The molecule has 0 saturated carbocycles. The third-order valence-corrected chi connectivity index (χ3v) is 2.05. The van der Waals surface area contributed by atoms with E-state index in [1.165, 1.54) is 4.40 Å². The van der Waals surface area contributed by atoms with Crippen LogP contribution in [0.15, 0.2) is 12.3 Å². The molecule has 74 valence electrons. The van der Waals surface area contributed by atoms with Crippen LogP contribution in [0.2, 0.25) is 0 Å². The van der Waals surface area contributed by atoms with Crippen molar-refractivity contribution in [3.63, 3.8) is 0 Å². The number of aromatic nitrogens is 3. The van der Waals surface area contributed by atoms with Crippen LogP contribution in [0, 0.1) is 13.8 Å². The summed E-state index contributed by atoms with van der Waals surface area (Å²) in [6.45, 7) is 3.67. The van der Waals surface area contributed by atoms with E-state index >= 15 is 0 Å². The lowest BCUT2D eigenvalue weighted by Crippen LogP contribution is -1.96. The molecule has 0 unspecified atom stereocenters. The van der Waals surface area contributed by atoms with Crippen molar-refractivity contribution in [3.8, 4) is 0 Å². The molecule has 0 spiro atoms. The molecule has 2 rings (SSSR count). The van der Waals surface area contributed by atoms with Gasteiger partial charge in [-0.05, 0) is 25.0 Å². The molecule has 0 amide bonds. The molecule has 2 aromatic heterocycles. The van der Waals surface area contributed by atoms with E-state index < -0.39 is 6.43 Å². The summed E-state index contributed by atoms with van der Waals surface area (Å²) in [4.78, 5) is 0. The summed E-state index contributed by atoms with van der Waals surface area (Å²) in [6.07, 6.45) is -0.977. The number of nitrogens with zero attached hydrogens (tertiary/aromatic N) is 3. The van der Waals surface area contributed by atoms with Crippen LogP contribution in [0.1, 0.15) is 23.4 Å². The highest BCUT2D eigenvalue weighted by molar-refractivity contribution is 5.48. The fraction of sp³-hybridized carbons (Fsp3) is 0.333. The smallest absolute Gasteiger partial charge is 0.281 e. The van der Waals surface area contributed by atoms with Crippen molar-refractivity contribution >= 4 is 5.65 Å². The van der Waals surface area contributed by atoms with E-state index in [4.69, 9.17) is 0 Å². The fourth-order valence-corrected chi connectivity index (χ4v) is 1.50. The summed E-state index contributed by atoms with van der Waals surface area (Å²) in [5.41, 5.74) is 2.26. The minimum Gasteiger partial charge on any atom is -0.281 e. The van der Waals surface area contributed by atoms with Crippen LogP contribution in [0.3, 0.4) is 0 Å². The zero-order valence-electron chi connectivity index (χ0n) is 7.83. The van der Waals surface area contributed by atoms with Crippen LogP contribution < -0.4 is 0 Å². The molecule has 3 nitrogen and oxygen atoms in total. The van der Waals surface area contributed by atoms with Crippen molar-refractivity contribution in [1.29, 1.82) is 0 Å². The maximum absolute atomic E-state index is 12.5. The Kier molecular flexibility index (Phi) is 1.94. The number of aryl methyl sites for hydroxylation is 2. The molecule has 0 atom stereocenters. The molecule has 0 aromatic carbocycles. The molecule has 0 bridgehead atoms. The molecule has 0 fully saturated rings. The number of rotatable bonds is 1. The van der Waals surface area contributed by atoms with Crippen molar-refractivity contribution in [1.82, 2.24) is 14.6 Å². The normalized spacial score (nSPS) is 11.5. The summed E-state index contributed by atoms with van der Waals surface area (Å²) >= 11 is 0. The van der Waals surface area contributed by atoms with Crippen LogP contribution in [0.4, 0.5) is 8.78 Å². The Bertz CT molecular complexity index is 476. The summed E-state index contributed by atoms with van der Waals surface area (Å²) in [7, 11) is 0. The van der Waals surface area contributed by atoms with Crippen LogP contribution in [-0.2, 0) is 0 Å². The number of alkyl halides is 2. The van der Waals surface area contributed by atoms with E-state index in [-0.39, 0.29) is 5.82 Å². The molecule has 0 radical (unpaired) electrons. The van der Waals surface area contributed by atoms with Crippen LogP contribution in [-0.4, -0.2) is 14.6 Å². The zero-order chi connectivity index (χ0) is 10.3. The van der Waals surface area contributed by atoms with E-state index in [1.54, 1.807) is 6.20 Å². The lowest BCUT2D eigenvalue weighted by molar-refractivity contribution is 0.139. The Morgan fingerprint density at radius 3 is 2.64 bits per heavy atom. The molecule has 0 saturated heterocycles. The highest BCUT2D eigenvalue weighted by Crippen LogP contribution is 2.19. The van der Waals surface area contributed by atoms with Gasteiger partial charge in [0.05, 0.1) is 0 Å². The van der Waals surface area contributed by atoms with Crippen molar-refractivity contribution in [2.24, 2.45) is 0 Å². The van der Waals surface area contributed by atoms with Gasteiger partial charge in [-0.3, -0.25) is 4.40 Å². The van der Waals surface area contributed by atoms with Gasteiger partial charge in [-0.2, -0.15) is 0 Å². The van der Waals surface area contributed by atoms with E-state index in [2.05, 4.69) is 10.2 Å². The summed E-state index contributed by atoms with van der Waals surface area (Å²) in [5, 5.41) is 7.17. The molecular weight excluding hydrogens is 188 g/mol. The largest absolute Gasteiger partial charge is 0.297 e. The van der Waals surface area contributed by atoms with Crippen molar-refractivity contribution in [2.75, 3.05) is 0 Å². The molecule has 14 heavy (non-hydrogen) atoms. The van der Waals surface area contributed by atoms with Crippen LogP contribution in [0.5, 0.6) is 0 Å². The van der Waals surface area contributed by atoms with Gasteiger partial charge in [-0.25, -0.2) is 8.78 Å². The predicted octanol–water partition coefficient (Wildman–Crippen LogP) is 2.28. The first-order valence-corrected chi connectivity index (χ1v) is 4.19. The molecule has 0 aliphatic heterocycles. The summed E-state index contributed by atoms with van der Waals surface area (Å²) in [5.74, 6) is -0.299. The highest BCUT2D eigenvalue weighted by Gasteiger charge is 2.16. The molecule has 5 heteroatoms. The second-order valence-corrected chi connectivity index (χ2v) is 3.25. The molecule has 2 heterocycles. The Hall–Kier alpha value is -1.52. The quantitative estimate of drug-likeness (QED) is 0.702. The first kappa shape index (κ1) is 9.05. The van der Waals surface area contributed by atoms with Crippen LogP contribution >= 0.6 is 0 Å². The summed E-state index contributed by atoms with van der Waals surface area (Å²) in [6, 6.07) is 1.89. The number of hydrogen-bond donors (Lipinski definition) is 0. The molecule has 0 aliphatic rings. The summed E-state index contributed by atoms with van der Waals surface area (Å²) < 4.78 is 26.3. The number of fused-ring (bicyclic) bond motifs is 1. The highest BCUT2D eigenvalue weighted by atomic mass is 19.3. The Morgan fingerprint density at radius 1 is 1.29 bits per heavy atom. The maximum atomic E-state index is 12.5. The molecular formula is C9H9F2N3. The predicted molar refractivity (Wildman–Crippen MR) is 47.4 cm³/mol. The standard InChI is InChI=1S/C9H9F2N3/c1-5-3-6(2)8-12-13-9(7(10)11)14(8)4-5/h3-4,7H,1-2H3. The first-order chi connectivity index (χ1) is 6.59. The third-order valence-electron chi connectivity index (χ3n) is 2.05. The monoisotopic (exact) mass is 197 g/mol. The second-order valence-electron chi connectivity index (χ2n) is 3.25. The van der Waals surface area contributed by atoms with E-state index in [0.717, 1.165) is 11.1 Å². The Labute approximate surface area is 79.4 Å². The zero-order valence-corrected chi connectivity index (χ0v) is 7.83. The number of halogens is 2. The van der Waals surface area contributed by atoms with Gasteiger partial charge in [0.1, 0.15) is 0 Å². The first-order valence-electron chi connectivity index (χ1n) is 4.19. The van der Waals surface area contributed by atoms with Crippen molar-refractivity contribution < 1.29 is 8.78 Å². The average molecular weight is 197 g/mol. The average Bonchev–Trinajstić information content (AvgIpc) is 2.47. The van der Waals surface area contributed by atoms with Gasteiger partial charge in [0.2, 0.25) is 5.82 Å². The third kappa shape index (κ3) is 1.25. The minimum atomic E-state index is -2.59. The molecule has 0 N–H and O–H groups in total. The lowest BCUT2D eigenvalue weighted by Gasteiger charge is -2.01. The SMILES string of the molecule is Cc1cc(C)c2nnc(C(F)F)n2c1. The van der Waals surface area contributed by atoms with Gasteiger partial charge in [-0.1, -0.05) is 6.07 Å². The van der Waals surface area contributed by atoms with Gasteiger partial charge < -0.3 is 0 Å². The number of pyridine rings is 1. The van der Waals surface area contributed by atoms with E-state index in [1.807, 2.05) is 19.9 Å². The minimum absolute atomic E-state index is 0.299. The fourth-order valence-electron chi connectivity index (χ4n) is 1.50. The van der Waals surface area contributed by atoms with E-state index in [9.17, 15) is 8.78 Å².